The quantitative estimate of drug-likeness (QED) is 0.684. The van der Waals surface area contributed by atoms with Crippen molar-refractivity contribution in [2.24, 2.45) is 0 Å². The van der Waals surface area contributed by atoms with Gasteiger partial charge in [-0.3, -0.25) is 10.1 Å². The molecule has 1 aliphatic heterocycles. The van der Waals surface area contributed by atoms with E-state index < -0.39 is 0 Å². The Kier molecular flexibility index (Phi) is 4.06. The van der Waals surface area contributed by atoms with Crippen LogP contribution in [-0.4, -0.2) is 17.6 Å². The average Bonchev–Trinajstić information content (AvgIpc) is 3.11. The summed E-state index contributed by atoms with van der Waals surface area (Å²) in [6.45, 7) is 2.65. The van der Waals surface area contributed by atoms with Crippen molar-refractivity contribution in [1.29, 1.82) is 0 Å². The summed E-state index contributed by atoms with van der Waals surface area (Å²) in [5.74, 6) is 1.19. The van der Waals surface area contributed by atoms with Gasteiger partial charge in [-0.05, 0) is 55.4 Å². The molecule has 0 saturated carbocycles. The van der Waals surface area contributed by atoms with Crippen LogP contribution in [-0.2, 0) is 11.2 Å². The first-order chi connectivity index (χ1) is 10.6. The average molecular weight is 312 g/mol. The van der Waals surface area contributed by atoms with Gasteiger partial charge in [-0.15, -0.1) is 0 Å². The molecule has 2 heterocycles. The largest absolute Gasteiger partial charge is 0.462 e. The lowest BCUT2D eigenvalue weighted by Crippen LogP contribution is -2.41. The normalized spacial score (nSPS) is 13.4. The number of hydrogen-bond donors (Lipinski definition) is 1. The zero-order valence-corrected chi connectivity index (χ0v) is 13.0. The maximum atomic E-state index is 11.9. The molecule has 4 nitrogen and oxygen atoms in total. The number of thiocarbonyl (C=S) groups is 1. The molecule has 1 amide bonds. The minimum atomic E-state index is -0.261. The maximum absolute atomic E-state index is 11.9. The van der Waals surface area contributed by atoms with Gasteiger partial charge in [0, 0.05) is 18.3 Å². The van der Waals surface area contributed by atoms with E-state index in [0.29, 0.717) is 10.9 Å². The first-order valence-corrected chi connectivity index (χ1v) is 7.49. The fourth-order valence-electron chi connectivity index (χ4n) is 2.46. The fraction of sp³-hybridized carbons (Fsp3) is 0.176. The van der Waals surface area contributed by atoms with Crippen LogP contribution in [0.1, 0.15) is 17.1 Å². The van der Waals surface area contributed by atoms with Crippen molar-refractivity contribution >= 4 is 35.0 Å². The van der Waals surface area contributed by atoms with Gasteiger partial charge in [-0.1, -0.05) is 18.2 Å². The van der Waals surface area contributed by atoms with E-state index in [0.717, 1.165) is 24.4 Å². The second-order valence-corrected chi connectivity index (χ2v) is 5.49. The molecule has 2 aromatic rings. The van der Waals surface area contributed by atoms with Crippen LogP contribution in [0.5, 0.6) is 0 Å². The van der Waals surface area contributed by atoms with Crippen molar-refractivity contribution in [3.63, 3.8) is 0 Å². The minimum absolute atomic E-state index is 0.261. The molecular formula is C17H16N2O2S. The lowest BCUT2D eigenvalue weighted by molar-refractivity contribution is -0.115. The molecule has 0 fully saturated rings. The lowest BCUT2D eigenvalue weighted by atomic mass is 10.2. The van der Waals surface area contributed by atoms with E-state index >= 15 is 0 Å². The van der Waals surface area contributed by atoms with Crippen molar-refractivity contribution < 1.29 is 9.21 Å². The van der Waals surface area contributed by atoms with Crippen molar-refractivity contribution in [2.45, 2.75) is 13.3 Å². The molecule has 1 aromatic heterocycles. The number of fused-ring (bicyclic) bond motifs is 1. The molecule has 5 heteroatoms. The van der Waals surface area contributed by atoms with Crippen LogP contribution in [0.25, 0.3) is 6.08 Å². The van der Waals surface area contributed by atoms with Gasteiger partial charge in [0.1, 0.15) is 11.5 Å². The van der Waals surface area contributed by atoms with Crippen LogP contribution in [0.2, 0.25) is 0 Å². The Morgan fingerprint density at radius 2 is 2.14 bits per heavy atom. The highest BCUT2D eigenvalue weighted by molar-refractivity contribution is 7.80. The molecule has 3 rings (SSSR count). The number of hydrogen-bond acceptors (Lipinski definition) is 3. The molecule has 1 aliphatic rings. The van der Waals surface area contributed by atoms with Crippen molar-refractivity contribution in [3.8, 4) is 0 Å². The van der Waals surface area contributed by atoms with E-state index in [1.54, 1.807) is 6.08 Å². The van der Waals surface area contributed by atoms with Gasteiger partial charge in [0.25, 0.3) is 0 Å². The molecule has 0 saturated heterocycles. The molecule has 0 spiro atoms. The van der Waals surface area contributed by atoms with Crippen molar-refractivity contribution in [2.75, 3.05) is 11.4 Å². The number of carbonyl (C=O) groups excluding carboxylic acids is 1. The van der Waals surface area contributed by atoms with Crippen molar-refractivity contribution in [1.82, 2.24) is 5.32 Å². The van der Waals surface area contributed by atoms with E-state index in [4.69, 9.17) is 16.6 Å². The summed E-state index contributed by atoms with van der Waals surface area (Å²) in [5, 5.41) is 3.16. The van der Waals surface area contributed by atoms with Crippen LogP contribution in [0.3, 0.4) is 0 Å². The highest BCUT2D eigenvalue weighted by Gasteiger charge is 2.22. The fourth-order valence-corrected chi connectivity index (χ4v) is 2.75. The number of benzene rings is 1. The van der Waals surface area contributed by atoms with Crippen LogP contribution < -0.4 is 10.2 Å². The SMILES string of the molecule is Cc1ccc(C=CC(=O)NC(=S)N2CCc3ccccc32)o1. The molecule has 22 heavy (non-hydrogen) atoms. The van der Waals surface area contributed by atoms with Crippen LogP contribution in [0, 0.1) is 6.92 Å². The number of carbonyl (C=O) groups is 1. The molecule has 1 N–H and O–H groups in total. The summed E-state index contributed by atoms with van der Waals surface area (Å²) >= 11 is 5.34. The predicted molar refractivity (Wildman–Crippen MR) is 90.7 cm³/mol. The van der Waals surface area contributed by atoms with Gasteiger partial charge in [0.15, 0.2) is 5.11 Å². The molecule has 0 atom stereocenters. The molecule has 1 aromatic carbocycles. The van der Waals surface area contributed by atoms with E-state index in [-0.39, 0.29) is 5.91 Å². The topological polar surface area (TPSA) is 45.5 Å². The maximum Gasteiger partial charge on any atom is 0.250 e. The van der Waals surface area contributed by atoms with E-state index in [9.17, 15) is 4.79 Å². The number of rotatable bonds is 2. The summed E-state index contributed by atoms with van der Waals surface area (Å²) in [6, 6.07) is 11.7. The third-order valence-corrected chi connectivity index (χ3v) is 3.85. The molecule has 112 valence electrons. The Morgan fingerprint density at radius 3 is 2.91 bits per heavy atom. The zero-order valence-electron chi connectivity index (χ0n) is 12.2. The number of nitrogens with one attached hydrogen (secondary N) is 1. The van der Waals surface area contributed by atoms with Gasteiger partial charge < -0.3 is 9.32 Å². The zero-order chi connectivity index (χ0) is 15.5. The summed E-state index contributed by atoms with van der Waals surface area (Å²) in [4.78, 5) is 13.9. The number of nitrogens with zero attached hydrogens (tertiary/aromatic N) is 1. The Hall–Kier alpha value is -2.40. The first-order valence-electron chi connectivity index (χ1n) is 7.08. The molecule has 0 radical (unpaired) electrons. The summed E-state index contributed by atoms with van der Waals surface area (Å²) in [7, 11) is 0. The monoisotopic (exact) mass is 312 g/mol. The number of furan rings is 1. The van der Waals surface area contributed by atoms with Crippen LogP contribution in [0.15, 0.2) is 46.9 Å². The van der Waals surface area contributed by atoms with E-state index in [1.165, 1.54) is 11.6 Å². The van der Waals surface area contributed by atoms with E-state index in [2.05, 4.69) is 11.4 Å². The Bertz CT molecular complexity index is 749. The lowest BCUT2D eigenvalue weighted by Gasteiger charge is -2.19. The molecule has 0 bridgehead atoms. The second-order valence-electron chi connectivity index (χ2n) is 5.11. The molecule has 0 unspecified atom stereocenters. The van der Waals surface area contributed by atoms with Gasteiger partial charge in [0.05, 0.1) is 0 Å². The summed E-state index contributed by atoms with van der Waals surface area (Å²) in [5.41, 5.74) is 2.32. The number of aryl methyl sites for hydroxylation is 1. The predicted octanol–water partition coefficient (Wildman–Crippen LogP) is 3.07. The highest BCUT2D eigenvalue weighted by Crippen LogP contribution is 2.27. The Morgan fingerprint density at radius 1 is 1.32 bits per heavy atom. The van der Waals surface area contributed by atoms with Crippen LogP contribution in [0.4, 0.5) is 5.69 Å². The Balaban J connectivity index is 1.63. The standard InChI is InChI=1S/C17H16N2O2S/c1-12-6-7-14(21-12)8-9-16(20)18-17(22)19-11-10-13-4-2-3-5-15(13)19/h2-9H,10-11H2,1H3,(H,18,20,22). The van der Waals surface area contributed by atoms with E-state index in [1.807, 2.05) is 42.2 Å². The third kappa shape index (κ3) is 3.09. The second kappa shape index (κ2) is 6.15. The highest BCUT2D eigenvalue weighted by atomic mass is 32.1. The number of para-hydroxylation sites is 1. The third-order valence-electron chi connectivity index (χ3n) is 3.52. The summed E-state index contributed by atoms with van der Waals surface area (Å²) in [6.07, 6.45) is 3.99. The van der Waals surface area contributed by atoms with Gasteiger partial charge in [0.2, 0.25) is 5.91 Å². The molecule has 0 aliphatic carbocycles. The smallest absolute Gasteiger partial charge is 0.250 e. The van der Waals surface area contributed by atoms with Gasteiger partial charge in [-0.25, -0.2) is 0 Å². The molecular weight excluding hydrogens is 296 g/mol. The van der Waals surface area contributed by atoms with Gasteiger partial charge >= 0.3 is 0 Å². The Labute approximate surface area is 134 Å². The van der Waals surface area contributed by atoms with Crippen molar-refractivity contribution in [3.05, 3.63) is 59.6 Å². The number of amides is 1. The summed E-state index contributed by atoms with van der Waals surface area (Å²) < 4.78 is 5.38. The minimum Gasteiger partial charge on any atom is -0.462 e. The first kappa shape index (κ1) is 14.5. The van der Waals surface area contributed by atoms with Crippen LogP contribution >= 0.6 is 12.2 Å². The number of anilines is 1. The van der Waals surface area contributed by atoms with Gasteiger partial charge in [-0.2, -0.15) is 0 Å².